The predicted molar refractivity (Wildman–Crippen MR) is 106 cm³/mol. The van der Waals surface area contributed by atoms with Gasteiger partial charge in [-0.25, -0.2) is 0 Å². The van der Waals surface area contributed by atoms with E-state index >= 15 is 0 Å². The zero-order valence-corrected chi connectivity index (χ0v) is 16.5. The summed E-state index contributed by atoms with van der Waals surface area (Å²) < 4.78 is 7.48. The van der Waals surface area contributed by atoms with Crippen molar-refractivity contribution >= 4 is 23.1 Å². The number of non-ortho nitro benzene ring substituents is 1. The van der Waals surface area contributed by atoms with Gasteiger partial charge in [-0.05, 0) is 43.8 Å². The van der Waals surface area contributed by atoms with E-state index < -0.39 is 9.85 Å². The van der Waals surface area contributed by atoms with E-state index in [0.29, 0.717) is 29.9 Å². The van der Waals surface area contributed by atoms with E-state index in [9.17, 15) is 20.2 Å². The quantitative estimate of drug-likeness (QED) is 0.393. The van der Waals surface area contributed by atoms with E-state index in [1.807, 2.05) is 42.7 Å². The molecule has 0 spiro atoms. The molecule has 0 bridgehead atoms. The molecule has 3 rings (SSSR count). The fraction of sp³-hybridized carbons (Fsp3) is 0.222. The Morgan fingerprint density at radius 2 is 1.83 bits per heavy atom. The molecule has 0 N–H and O–H groups in total. The van der Waals surface area contributed by atoms with Gasteiger partial charge in [0.25, 0.3) is 11.4 Å². The third-order valence-electron chi connectivity index (χ3n) is 4.01. The van der Waals surface area contributed by atoms with Gasteiger partial charge in [0.05, 0.1) is 33.0 Å². The predicted octanol–water partition coefficient (Wildman–Crippen LogP) is 4.33. The van der Waals surface area contributed by atoms with E-state index in [4.69, 9.17) is 4.74 Å². The minimum Gasteiger partial charge on any atom is -0.493 e. The molecular weight excluding hydrogens is 398 g/mol. The molecule has 0 aliphatic rings. The van der Waals surface area contributed by atoms with Crippen LogP contribution in [0.2, 0.25) is 0 Å². The van der Waals surface area contributed by atoms with Crippen molar-refractivity contribution in [2.45, 2.75) is 30.4 Å². The van der Waals surface area contributed by atoms with Gasteiger partial charge >= 0.3 is 0 Å². The third-order valence-corrected chi connectivity index (χ3v) is 5.06. The van der Waals surface area contributed by atoms with E-state index in [1.165, 1.54) is 12.1 Å². The zero-order valence-electron chi connectivity index (χ0n) is 15.6. The molecule has 150 valence electrons. The molecule has 0 saturated heterocycles. The first-order valence-corrected chi connectivity index (χ1v) is 9.54. The first-order chi connectivity index (χ1) is 14.0. The Labute approximate surface area is 169 Å². The van der Waals surface area contributed by atoms with Crippen molar-refractivity contribution in [3.63, 3.8) is 0 Å². The number of benzene rings is 2. The third kappa shape index (κ3) is 4.19. The van der Waals surface area contributed by atoms with E-state index in [-0.39, 0.29) is 16.3 Å². The Morgan fingerprint density at radius 1 is 1.07 bits per heavy atom. The van der Waals surface area contributed by atoms with Crippen LogP contribution in [0, 0.1) is 20.2 Å². The van der Waals surface area contributed by atoms with Gasteiger partial charge in [-0.2, -0.15) is 0 Å². The fourth-order valence-electron chi connectivity index (χ4n) is 2.73. The highest BCUT2D eigenvalue weighted by atomic mass is 32.2. The molecular formula is C18H17N5O5S. The molecule has 29 heavy (non-hydrogen) atoms. The molecule has 0 fully saturated rings. The SMILES string of the molecule is CCOc1ccccc1-c1nnc(Sc2ccc([N+](=O)[O-])cc2[N+](=O)[O-])n1CC. The van der Waals surface area contributed by atoms with Crippen LogP contribution in [-0.2, 0) is 6.54 Å². The summed E-state index contributed by atoms with van der Waals surface area (Å²) in [5, 5.41) is 31.2. The Morgan fingerprint density at radius 3 is 2.48 bits per heavy atom. The smallest absolute Gasteiger partial charge is 0.290 e. The molecule has 0 aliphatic heterocycles. The Hall–Kier alpha value is -3.47. The summed E-state index contributed by atoms with van der Waals surface area (Å²) in [4.78, 5) is 21.3. The Bertz CT molecular complexity index is 1070. The van der Waals surface area contributed by atoms with Crippen molar-refractivity contribution in [3.8, 4) is 17.1 Å². The summed E-state index contributed by atoms with van der Waals surface area (Å²) in [5.74, 6) is 1.23. The van der Waals surface area contributed by atoms with Crippen molar-refractivity contribution in [2.24, 2.45) is 0 Å². The van der Waals surface area contributed by atoms with Gasteiger partial charge in [0.1, 0.15) is 5.75 Å². The molecule has 1 aromatic heterocycles. The fourth-order valence-corrected chi connectivity index (χ4v) is 3.71. The number of ether oxygens (including phenoxy) is 1. The van der Waals surface area contributed by atoms with Crippen molar-refractivity contribution in [1.29, 1.82) is 0 Å². The standard InChI is InChI=1S/C18H17N5O5S/c1-3-21-17(13-7-5-6-8-15(13)28-4-2)19-20-18(21)29-16-10-9-12(22(24)25)11-14(16)23(26)27/h5-11H,3-4H2,1-2H3. The maximum atomic E-state index is 11.4. The van der Waals surface area contributed by atoms with Crippen molar-refractivity contribution < 1.29 is 14.6 Å². The van der Waals surface area contributed by atoms with Gasteiger partial charge in [-0.3, -0.25) is 20.2 Å². The summed E-state index contributed by atoms with van der Waals surface area (Å²) in [5.41, 5.74) is 0.0595. The molecule has 1 heterocycles. The van der Waals surface area contributed by atoms with Gasteiger partial charge in [0.2, 0.25) is 0 Å². The number of nitro benzene ring substituents is 2. The maximum absolute atomic E-state index is 11.4. The van der Waals surface area contributed by atoms with Crippen LogP contribution >= 0.6 is 11.8 Å². The highest BCUT2D eigenvalue weighted by Gasteiger charge is 2.23. The van der Waals surface area contributed by atoms with Crippen LogP contribution in [0.3, 0.4) is 0 Å². The van der Waals surface area contributed by atoms with E-state index in [1.54, 1.807) is 0 Å². The van der Waals surface area contributed by atoms with Crippen molar-refractivity contribution in [1.82, 2.24) is 14.8 Å². The second-order valence-electron chi connectivity index (χ2n) is 5.75. The highest BCUT2D eigenvalue weighted by molar-refractivity contribution is 7.99. The van der Waals surface area contributed by atoms with Gasteiger partial charge < -0.3 is 9.30 Å². The van der Waals surface area contributed by atoms with Gasteiger partial charge in [-0.15, -0.1) is 10.2 Å². The molecule has 3 aromatic rings. The van der Waals surface area contributed by atoms with Crippen LogP contribution < -0.4 is 4.74 Å². The first kappa shape index (κ1) is 20.3. The van der Waals surface area contributed by atoms with E-state index in [2.05, 4.69) is 10.2 Å². The number of nitro groups is 2. The maximum Gasteiger partial charge on any atom is 0.290 e. The second kappa shape index (κ2) is 8.69. The lowest BCUT2D eigenvalue weighted by molar-refractivity contribution is -0.396. The van der Waals surface area contributed by atoms with Gasteiger partial charge in [-0.1, -0.05) is 12.1 Å². The van der Waals surface area contributed by atoms with Crippen molar-refractivity contribution in [2.75, 3.05) is 6.61 Å². The van der Waals surface area contributed by atoms with Crippen LogP contribution in [0.15, 0.2) is 52.5 Å². The minimum absolute atomic E-state index is 0.243. The van der Waals surface area contributed by atoms with Crippen molar-refractivity contribution in [3.05, 3.63) is 62.7 Å². The molecule has 10 nitrogen and oxygen atoms in total. The Kier molecular flexibility index (Phi) is 6.07. The lowest BCUT2D eigenvalue weighted by Gasteiger charge is -2.11. The number of nitrogens with zero attached hydrogens (tertiary/aromatic N) is 5. The van der Waals surface area contributed by atoms with Gasteiger partial charge in [0.15, 0.2) is 11.0 Å². The molecule has 0 unspecified atom stereocenters. The van der Waals surface area contributed by atoms with Crippen LogP contribution in [0.25, 0.3) is 11.4 Å². The molecule has 0 saturated carbocycles. The summed E-state index contributed by atoms with van der Waals surface area (Å²) in [7, 11) is 0. The number of rotatable bonds is 8. The molecule has 0 atom stereocenters. The molecule has 0 amide bonds. The van der Waals surface area contributed by atoms with Crippen LogP contribution in [0.5, 0.6) is 5.75 Å². The largest absolute Gasteiger partial charge is 0.493 e. The topological polar surface area (TPSA) is 126 Å². The molecule has 11 heteroatoms. The molecule has 2 aromatic carbocycles. The number of hydrogen-bond acceptors (Lipinski definition) is 8. The average Bonchev–Trinajstić information content (AvgIpc) is 3.11. The Balaban J connectivity index is 2.03. The van der Waals surface area contributed by atoms with Crippen LogP contribution in [0.1, 0.15) is 13.8 Å². The normalized spacial score (nSPS) is 10.7. The monoisotopic (exact) mass is 415 g/mol. The number of hydrogen-bond donors (Lipinski definition) is 0. The average molecular weight is 415 g/mol. The first-order valence-electron chi connectivity index (χ1n) is 8.72. The number of para-hydroxylation sites is 1. The molecule has 0 radical (unpaired) electrons. The van der Waals surface area contributed by atoms with Gasteiger partial charge in [0, 0.05) is 12.6 Å². The lowest BCUT2D eigenvalue weighted by Crippen LogP contribution is -2.02. The zero-order chi connectivity index (χ0) is 21.0. The minimum atomic E-state index is -0.668. The van der Waals surface area contributed by atoms with E-state index in [0.717, 1.165) is 23.4 Å². The summed E-state index contributed by atoms with van der Waals surface area (Å²) >= 11 is 1.03. The summed E-state index contributed by atoms with van der Waals surface area (Å²) in [6.45, 7) is 4.81. The highest BCUT2D eigenvalue weighted by Crippen LogP contribution is 2.38. The second-order valence-corrected chi connectivity index (χ2v) is 6.76. The summed E-state index contributed by atoms with van der Waals surface area (Å²) in [6.07, 6.45) is 0. The van der Waals surface area contributed by atoms with Crippen LogP contribution in [-0.4, -0.2) is 31.2 Å². The lowest BCUT2D eigenvalue weighted by atomic mass is 10.2. The van der Waals surface area contributed by atoms with Crippen LogP contribution in [0.4, 0.5) is 11.4 Å². The molecule has 0 aliphatic carbocycles. The number of aromatic nitrogens is 3. The summed E-state index contributed by atoms with van der Waals surface area (Å²) in [6, 6.07) is 10.9.